The molecule has 2 aromatic carbocycles. The largest absolute Gasteiger partial charge is 0.348 e. The number of aromatic nitrogens is 1. The summed E-state index contributed by atoms with van der Waals surface area (Å²) in [5.74, 6) is -0.443. The van der Waals surface area contributed by atoms with Crippen molar-refractivity contribution in [2.24, 2.45) is 0 Å². The van der Waals surface area contributed by atoms with E-state index in [9.17, 15) is 12.8 Å². The molecular weight excluding hydrogens is 502 g/mol. The van der Waals surface area contributed by atoms with Gasteiger partial charge in [0.1, 0.15) is 5.82 Å². The fraction of sp³-hybridized carbons (Fsp3) is 0.286. The molecule has 0 N–H and O–H groups in total. The van der Waals surface area contributed by atoms with Gasteiger partial charge in [0, 0.05) is 29.9 Å². The molecule has 0 aliphatic carbocycles. The van der Waals surface area contributed by atoms with Gasteiger partial charge in [-0.3, -0.25) is 0 Å². The van der Waals surface area contributed by atoms with E-state index in [-0.39, 0.29) is 14.9 Å². The van der Waals surface area contributed by atoms with Crippen molar-refractivity contribution in [3.05, 3.63) is 73.9 Å². The van der Waals surface area contributed by atoms with Crippen molar-refractivity contribution >= 4 is 61.1 Å². The first kappa shape index (κ1) is 22.8. The predicted octanol–water partition coefficient (Wildman–Crippen LogP) is 6.28. The maximum atomic E-state index is 13.3. The van der Waals surface area contributed by atoms with Crippen LogP contribution in [0.5, 0.6) is 0 Å². The van der Waals surface area contributed by atoms with Crippen LogP contribution < -0.4 is 4.90 Å². The van der Waals surface area contributed by atoms with Gasteiger partial charge in [-0.2, -0.15) is 0 Å². The molecule has 0 spiro atoms. The van der Waals surface area contributed by atoms with Gasteiger partial charge in [0.2, 0.25) is 0 Å². The minimum absolute atomic E-state index is 0.0922. The zero-order valence-electron chi connectivity index (χ0n) is 16.2. The molecule has 2 heterocycles. The molecule has 1 fully saturated rings. The molecule has 4 rings (SSSR count). The van der Waals surface area contributed by atoms with E-state index in [0.717, 1.165) is 16.4 Å². The first-order valence-corrected chi connectivity index (χ1v) is 13.1. The highest BCUT2D eigenvalue weighted by Gasteiger charge is 2.33. The molecule has 0 bridgehead atoms. The van der Waals surface area contributed by atoms with Gasteiger partial charge in [-0.1, -0.05) is 40.9 Å². The van der Waals surface area contributed by atoms with E-state index < -0.39 is 20.9 Å². The van der Waals surface area contributed by atoms with Crippen LogP contribution in [0.3, 0.4) is 0 Å². The molecule has 1 saturated heterocycles. The molecule has 0 radical (unpaired) electrons. The van der Waals surface area contributed by atoms with Crippen LogP contribution in [-0.2, 0) is 16.3 Å². The molecule has 0 amide bonds. The second-order valence-electron chi connectivity index (χ2n) is 7.35. The van der Waals surface area contributed by atoms with Crippen LogP contribution in [0.2, 0.25) is 15.1 Å². The van der Waals surface area contributed by atoms with Crippen LogP contribution in [0.4, 0.5) is 9.52 Å². The summed E-state index contributed by atoms with van der Waals surface area (Å²) in [6, 6.07) is 9.15. The van der Waals surface area contributed by atoms with Gasteiger partial charge in [-0.25, -0.2) is 17.8 Å². The van der Waals surface area contributed by atoms with Gasteiger partial charge >= 0.3 is 0 Å². The number of piperidine rings is 1. The average molecular weight is 520 g/mol. The third-order valence-corrected chi connectivity index (χ3v) is 9.48. The SMILES string of the molecule is O=S(=O)(c1cc(Cl)ccc1Cl)C1CCN(c2nc(Cc3ccc(F)c(Cl)c3)cs2)CC1. The van der Waals surface area contributed by atoms with Crippen LogP contribution in [0.25, 0.3) is 0 Å². The lowest BCUT2D eigenvalue weighted by Gasteiger charge is -2.31. The van der Waals surface area contributed by atoms with Gasteiger partial charge in [-0.15, -0.1) is 11.3 Å². The Morgan fingerprint density at radius 3 is 2.52 bits per heavy atom. The molecule has 1 aromatic heterocycles. The Hall–Kier alpha value is -1.38. The molecule has 3 aromatic rings. The van der Waals surface area contributed by atoms with E-state index in [1.807, 2.05) is 5.38 Å². The van der Waals surface area contributed by atoms with Crippen LogP contribution >= 0.6 is 46.1 Å². The molecule has 0 atom stereocenters. The maximum Gasteiger partial charge on any atom is 0.185 e. The summed E-state index contributed by atoms with van der Waals surface area (Å²) in [5, 5.41) is 2.92. The summed E-state index contributed by atoms with van der Waals surface area (Å²) in [5.41, 5.74) is 1.74. The Morgan fingerprint density at radius 1 is 1.06 bits per heavy atom. The van der Waals surface area contributed by atoms with Crippen molar-refractivity contribution < 1.29 is 12.8 Å². The second-order valence-corrected chi connectivity index (χ2v) is 11.6. The van der Waals surface area contributed by atoms with Gasteiger partial charge in [0.15, 0.2) is 15.0 Å². The monoisotopic (exact) mass is 518 g/mol. The summed E-state index contributed by atoms with van der Waals surface area (Å²) < 4.78 is 39.4. The van der Waals surface area contributed by atoms with Crippen LogP contribution in [0.1, 0.15) is 24.1 Å². The first-order valence-electron chi connectivity index (χ1n) is 9.56. The topological polar surface area (TPSA) is 50.3 Å². The quantitative estimate of drug-likeness (QED) is 0.398. The van der Waals surface area contributed by atoms with Gasteiger partial charge in [-0.05, 0) is 48.7 Å². The van der Waals surface area contributed by atoms with Crippen molar-refractivity contribution in [2.45, 2.75) is 29.4 Å². The lowest BCUT2D eigenvalue weighted by molar-refractivity contribution is 0.529. The highest BCUT2D eigenvalue weighted by atomic mass is 35.5. The number of hydrogen-bond acceptors (Lipinski definition) is 5. The number of rotatable bonds is 5. The number of hydrogen-bond donors (Lipinski definition) is 0. The van der Waals surface area contributed by atoms with Crippen molar-refractivity contribution in [2.75, 3.05) is 18.0 Å². The van der Waals surface area contributed by atoms with E-state index >= 15 is 0 Å². The number of anilines is 1. The highest BCUT2D eigenvalue weighted by molar-refractivity contribution is 7.92. The molecule has 0 saturated carbocycles. The fourth-order valence-electron chi connectivity index (χ4n) is 3.61. The average Bonchev–Trinajstić information content (AvgIpc) is 3.21. The Morgan fingerprint density at radius 2 is 1.81 bits per heavy atom. The summed E-state index contributed by atoms with van der Waals surface area (Å²) in [6.45, 7) is 1.16. The molecular formula is C21H18Cl3FN2O2S2. The predicted molar refractivity (Wildman–Crippen MR) is 125 cm³/mol. The molecule has 1 aliphatic heterocycles. The van der Waals surface area contributed by atoms with Crippen molar-refractivity contribution in [3.8, 4) is 0 Å². The molecule has 0 unspecified atom stereocenters. The van der Waals surface area contributed by atoms with Gasteiger partial charge < -0.3 is 4.90 Å². The molecule has 10 heteroatoms. The Kier molecular flexibility index (Phi) is 6.79. The normalized spacial score (nSPS) is 15.4. The first-order chi connectivity index (χ1) is 14.7. The lowest BCUT2D eigenvalue weighted by Crippen LogP contribution is -2.39. The van der Waals surface area contributed by atoms with Crippen molar-refractivity contribution in [3.63, 3.8) is 0 Å². The summed E-state index contributed by atoms with van der Waals surface area (Å²) in [4.78, 5) is 6.86. The smallest absolute Gasteiger partial charge is 0.185 e. The van der Waals surface area contributed by atoms with Crippen molar-refractivity contribution in [1.29, 1.82) is 0 Å². The van der Waals surface area contributed by atoms with E-state index in [1.165, 1.54) is 29.5 Å². The van der Waals surface area contributed by atoms with E-state index in [1.54, 1.807) is 18.2 Å². The number of halogens is 4. The third-order valence-electron chi connectivity index (χ3n) is 5.26. The number of thiazole rings is 1. The molecule has 4 nitrogen and oxygen atoms in total. The summed E-state index contributed by atoms with van der Waals surface area (Å²) in [6.07, 6.45) is 1.51. The van der Waals surface area contributed by atoms with Crippen molar-refractivity contribution in [1.82, 2.24) is 4.98 Å². The molecule has 31 heavy (non-hydrogen) atoms. The standard InChI is InChI=1S/C21H18Cl3FN2O2S2/c22-14-2-3-17(23)20(11-14)31(28,29)16-5-7-27(8-6-16)21-26-15(12-30-21)9-13-1-4-19(25)18(24)10-13/h1-4,10-12,16H,5-9H2. The highest BCUT2D eigenvalue weighted by Crippen LogP contribution is 2.33. The van der Waals surface area contributed by atoms with Crippen LogP contribution in [-0.4, -0.2) is 31.7 Å². The molecule has 164 valence electrons. The van der Waals surface area contributed by atoms with Gasteiger partial charge in [0.05, 0.1) is 25.9 Å². The Balaban J connectivity index is 1.42. The zero-order chi connectivity index (χ0) is 22.2. The van der Waals surface area contributed by atoms with E-state index in [0.29, 0.717) is 37.4 Å². The minimum atomic E-state index is -3.57. The van der Waals surface area contributed by atoms with Gasteiger partial charge in [0.25, 0.3) is 0 Å². The minimum Gasteiger partial charge on any atom is -0.348 e. The molecule has 1 aliphatic rings. The van der Waals surface area contributed by atoms with E-state index in [2.05, 4.69) is 9.88 Å². The third kappa shape index (κ3) is 5.01. The second kappa shape index (κ2) is 9.24. The zero-order valence-corrected chi connectivity index (χ0v) is 20.1. The summed E-state index contributed by atoms with van der Waals surface area (Å²) >= 11 is 19.5. The Labute approximate surface area is 199 Å². The Bertz CT molecular complexity index is 1210. The number of sulfone groups is 1. The number of nitrogens with zero attached hydrogens (tertiary/aromatic N) is 2. The lowest BCUT2D eigenvalue weighted by atomic mass is 10.1. The number of benzene rings is 2. The maximum absolute atomic E-state index is 13.3. The summed E-state index contributed by atoms with van der Waals surface area (Å²) in [7, 11) is -3.57. The van der Waals surface area contributed by atoms with Crippen LogP contribution in [0, 0.1) is 5.82 Å². The van der Waals surface area contributed by atoms with E-state index in [4.69, 9.17) is 34.8 Å². The fourth-order valence-corrected chi connectivity index (χ4v) is 7.19. The van der Waals surface area contributed by atoms with Crippen LogP contribution in [0.15, 0.2) is 46.7 Å².